The Morgan fingerprint density at radius 1 is 1.29 bits per heavy atom. The maximum absolute atomic E-state index is 12.0. The molecule has 4 nitrogen and oxygen atoms in total. The van der Waals surface area contributed by atoms with Crippen LogP contribution < -0.4 is 10.6 Å². The van der Waals surface area contributed by atoms with Gasteiger partial charge in [-0.05, 0) is 38.8 Å². The highest BCUT2D eigenvalue weighted by Crippen LogP contribution is 2.21. The third-order valence-electron chi connectivity index (χ3n) is 3.81. The van der Waals surface area contributed by atoms with Crippen molar-refractivity contribution in [3.8, 4) is 0 Å². The average molecular weight is 308 g/mol. The molecule has 1 aliphatic heterocycles. The zero-order valence-electron chi connectivity index (χ0n) is 13.0. The molecule has 21 heavy (non-hydrogen) atoms. The number of halogens is 3. The molecule has 1 atom stereocenters. The third kappa shape index (κ3) is 7.55. The molecule has 1 saturated heterocycles. The molecule has 0 radical (unpaired) electrons. The van der Waals surface area contributed by atoms with E-state index in [-0.39, 0.29) is 6.42 Å². The van der Waals surface area contributed by atoms with Crippen LogP contribution in [0.25, 0.3) is 0 Å². The summed E-state index contributed by atoms with van der Waals surface area (Å²) >= 11 is 0. The minimum absolute atomic E-state index is 0.153. The van der Waals surface area contributed by atoms with Crippen molar-refractivity contribution in [2.24, 2.45) is 4.99 Å². The molecular weight excluding hydrogens is 281 g/mol. The molecule has 0 aromatic heterocycles. The van der Waals surface area contributed by atoms with Gasteiger partial charge in [0.25, 0.3) is 0 Å². The molecule has 1 fully saturated rings. The number of alkyl halides is 3. The molecule has 0 aromatic rings. The van der Waals surface area contributed by atoms with E-state index >= 15 is 0 Å². The number of unbranched alkanes of at least 4 members (excludes halogenated alkanes) is 1. The maximum Gasteiger partial charge on any atom is 0.389 e. The van der Waals surface area contributed by atoms with Crippen molar-refractivity contribution in [3.63, 3.8) is 0 Å². The van der Waals surface area contributed by atoms with Crippen molar-refractivity contribution < 1.29 is 13.2 Å². The number of guanidine groups is 1. The normalized spacial score (nSPS) is 20.8. The Morgan fingerprint density at radius 3 is 2.67 bits per heavy atom. The predicted octanol–water partition coefficient (Wildman–Crippen LogP) is 2.37. The molecule has 0 saturated carbocycles. The highest BCUT2D eigenvalue weighted by Gasteiger charge is 2.26. The second-order valence-electron chi connectivity index (χ2n) is 5.38. The molecule has 0 spiro atoms. The van der Waals surface area contributed by atoms with E-state index in [2.05, 4.69) is 27.4 Å². The summed E-state index contributed by atoms with van der Waals surface area (Å²) in [4.78, 5) is 6.53. The summed E-state index contributed by atoms with van der Waals surface area (Å²) in [5.41, 5.74) is 0. The number of nitrogens with zero attached hydrogens (tertiary/aromatic N) is 2. The Balaban J connectivity index is 2.15. The molecule has 0 bridgehead atoms. The standard InChI is InChI=1S/C14H27F3N4/c1-3-21-10-6-7-12(21)11-20-13(18-2)19-9-5-4-8-14(15,16)17/h12H,3-11H2,1-2H3,(H2,18,19,20). The number of nitrogens with one attached hydrogen (secondary N) is 2. The quantitative estimate of drug-likeness (QED) is 0.431. The second-order valence-corrected chi connectivity index (χ2v) is 5.38. The third-order valence-corrected chi connectivity index (χ3v) is 3.81. The van der Waals surface area contributed by atoms with Crippen molar-refractivity contribution in [1.82, 2.24) is 15.5 Å². The number of aliphatic imine (C=N–C) groups is 1. The van der Waals surface area contributed by atoms with Crippen LogP contribution in [0.1, 0.15) is 39.0 Å². The molecule has 2 N–H and O–H groups in total. The SMILES string of the molecule is CCN1CCCC1CNC(=NC)NCCCCC(F)(F)F. The van der Waals surface area contributed by atoms with Crippen LogP contribution >= 0.6 is 0 Å². The Bertz CT molecular complexity index is 318. The largest absolute Gasteiger partial charge is 0.389 e. The van der Waals surface area contributed by atoms with Crippen LogP contribution in [0.15, 0.2) is 4.99 Å². The fraction of sp³-hybridized carbons (Fsp3) is 0.929. The van der Waals surface area contributed by atoms with E-state index in [0.29, 0.717) is 25.0 Å². The Morgan fingerprint density at radius 2 is 2.05 bits per heavy atom. The number of likely N-dealkylation sites (N-methyl/N-ethyl adjacent to an activating group) is 1. The van der Waals surface area contributed by atoms with Gasteiger partial charge in [0.05, 0.1) is 0 Å². The molecule has 1 aliphatic rings. The van der Waals surface area contributed by atoms with E-state index < -0.39 is 12.6 Å². The molecule has 1 rings (SSSR count). The number of hydrogen-bond acceptors (Lipinski definition) is 2. The number of likely N-dealkylation sites (tertiary alicyclic amines) is 1. The van der Waals surface area contributed by atoms with Crippen LogP contribution in [-0.2, 0) is 0 Å². The van der Waals surface area contributed by atoms with Crippen molar-refractivity contribution in [3.05, 3.63) is 0 Å². The van der Waals surface area contributed by atoms with Crippen molar-refractivity contribution in [2.45, 2.75) is 51.2 Å². The highest BCUT2D eigenvalue weighted by molar-refractivity contribution is 5.79. The van der Waals surface area contributed by atoms with Gasteiger partial charge < -0.3 is 10.6 Å². The van der Waals surface area contributed by atoms with Gasteiger partial charge in [0.1, 0.15) is 0 Å². The zero-order valence-corrected chi connectivity index (χ0v) is 13.0. The molecule has 0 amide bonds. The lowest BCUT2D eigenvalue weighted by Crippen LogP contribution is -2.45. The lowest BCUT2D eigenvalue weighted by Gasteiger charge is -2.24. The molecule has 124 valence electrons. The summed E-state index contributed by atoms with van der Waals surface area (Å²) in [5.74, 6) is 0.671. The first kappa shape index (κ1) is 18.1. The van der Waals surface area contributed by atoms with Gasteiger partial charge in [-0.3, -0.25) is 9.89 Å². The topological polar surface area (TPSA) is 39.7 Å². The smallest absolute Gasteiger partial charge is 0.356 e. The summed E-state index contributed by atoms with van der Waals surface area (Å²) in [6, 6.07) is 0.527. The van der Waals surface area contributed by atoms with E-state index in [0.717, 1.165) is 19.6 Å². The van der Waals surface area contributed by atoms with Gasteiger partial charge in [0, 0.05) is 32.6 Å². The van der Waals surface area contributed by atoms with E-state index in [4.69, 9.17) is 0 Å². The van der Waals surface area contributed by atoms with Crippen LogP contribution in [0.5, 0.6) is 0 Å². The molecule has 1 heterocycles. The van der Waals surface area contributed by atoms with Crippen LogP contribution in [-0.4, -0.2) is 56.3 Å². The van der Waals surface area contributed by atoms with E-state index in [1.165, 1.54) is 12.8 Å². The lowest BCUT2D eigenvalue weighted by molar-refractivity contribution is -0.135. The summed E-state index contributed by atoms with van der Waals surface area (Å²) in [6.45, 7) is 5.70. The Labute approximate surface area is 125 Å². The van der Waals surface area contributed by atoms with E-state index in [1.54, 1.807) is 7.05 Å². The molecule has 0 aromatic carbocycles. The van der Waals surface area contributed by atoms with Crippen molar-refractivity contribution in [1.29, 1.82) is 0 Å². The van der Waals surface area contributed by atoms with Crippen molar-refractivity contribution >= 4 is 5.96 Å². The minimum atomic E-state index is -4.05. The van der Waals surface area contributed by atoms with Crippen LogP contribution in [0.4, 0.5) is 13.2 Å². The first-order valence-electron chi connectivity index (χ1n) is 7.71. The second kappa shape index (κ2) is 9.12. The van der Waals surface area contributed by atoms with E-state index in [9.17, 15) is 13.2 Å². The van der Waals surface area contributed by atoms with Gasteiger partial charge >= 0.3 is 6.18 Å². The van der Waals surface area contributed by atoms with Crippen molar-refractivity contribution in [2.75, 3.05) is 33.2 Å². The average Bonchev–Trinajstić information content (AvgIpc) is 2.88. The number of rotatable bonds is 7. The maximum atomic E-state index is 12.0. The van der Waals surface area contributed by atoms with Crippen LogP contribution in [0.3, 0.4) is 0 Å². The first-order valence-corrected chi connectivity index (χ1v) is 7.71. The summed E-state index contributed by atoms with van der Waals surface area (Å²) in [7, 11) is 1.68. The minimum Gasteiger partial charge on any atom is -0.356 e. The monoisotopic (exact) mass is 308 g/mol. The van der Waals surface area contributed by atoms with Gasteiger partial charge in [-0.25, -0.2) is 0 Å². The number of hydrogen-bond donors (Lipinski definition) is 2. The van der Waals surface area contributed by atoms with Gasteiger partial charge in [-0.15, -0.1) is 0 Å². The molecular formula is C14H27F3N4. The van der Waals surface area contributed by atoms with E-state index in [1.807, 2.05) is 0 Å². The van der Waals surface area contributed by atoms with Gasteiger partial charge in [-0.2, -0.15) is 13.2 Å². The summed E-state index contributed by atoms with van der Waals surface area (Å²) in [5, 5.41) is 6.32. The van der Waals surface area contributed by atoms with Gasteiger partial charge in [0.2, 0.25) is 0 Å². The zero-order chi connectivity index (χ0) is 15.7. The van der Waals surface area contributed by atoms with Crippen LogP contribution in [0.2, 0.25) is 0 Å². The molecule has 1 unspecified atom stereocenters. The van der Waals surface area contributed by atoms with Crippen LogP contribution in [0, 0.1) is 0 Å². The molecule has 0 aliphatic carbocycles. The molecule has 7 heteroatoms. The first-order chi connectivity index (χ1) is 9.96. The van der Waals surface area contributed by atoms with Gasteiger partial charge in [0.15, 0.2) is 5.96 Å². The summed E-state index contributed by atoms with van der Waals surface area (Å²) < 4.78 is 36.0. The fourth-order valence-electron chi connectivity index (χ4n) is 2.63. The summed E-state index contributed by atoms with van der Waals surface area (Å²) in [6.07, 6.45) is -1.71. The Hall–Kier alpha value is -0.980. The lowest BCUT2D eigenvalue weighted by atomic mass is 10.2. The highest BCUT2D eigenvalue weighted by atomic mass is 19.4. The fourth-order valence-corrected chi connectivity index (χ4v) is 2.63. The predicted molar refractivity (Wildman–Crippen MR) is 79.5 cm³/mol. The van der Waals surface area contributed by atoms with Gasteiger partial charge in [-0.1, -0.05) is 6.92 Å². The Kier molecular flexibility index (Phi) is 7.85.